The zero-order chi connectivity index (χ0) is 16.1. The van der Waals surface area contributed by atoms with E-state index in [-0.39, 0.29) is 30.7 Å². The maximum Gasteiger partial charge on any atom is 0.353 e. The highest BCUT2D eigenvalue weighted by molar-refractivity contribution is 6.15. The molecule has 116 valence electrons. The van der Waals surface area contributed by atoms with Gasteiger partial charge in [-0.3, -0.25) is 14.5 Å². The maximum atomic E-state index is 12.9. The van der Waals surface area contributed by atoms with Gasteiger partial charge in [-0.2, -0.15) is 0 Å². The molecule has 0 spiro atoms. The van der Waals surface area contributed by atoms with Crippen LogP contribution < -0.4 is 4.90 Å². The molecule has 1 aromatic carbocycles. The Labute approximate surface area is 128 Å². The number of hydrogen-bond donors (Lipinski definition) is 0. The lowest BCUT2D eigenvalue weighted by atomic mass is 9.95. The van der Waals surface area contributed by atoms with E-state index in [9.17, 15) is 14.4 Å². The van der Waals surface area contributed by atoms with Gasteiger partial charge in [0.2, 0.25) is 11.6 Å². The van der Waals surface area contributed by atoms with Gasteiger partial charge in [-0.05, 0) is 26.0 Å². The van der Waals surface area contributed by atoms with Crippen LogP contribution in [-0.4, -0.2) is 41.5 Å². The van der Waals surface area contributed by atoms with Crippen molar-refractivity contribution in [3.8, 4) is 0 Å². The molecule has 2 heterocycles. The van der Waals surface area contributed by atoms with E-state index < -0.39 is 11.6 Å². The Morgan fingerprint density at radius 1 is 1.27 bits per heavy atom. The highest BCUT2D eigenvalue weighted by Gasteiger charge is 2.62. The third-order valence-electron chi connectivity index (χ3n) is 4.33. The van der Waals surface area contributed by atoms with Crippen molar-refractivity contribution in [2.45, 2.75) is 38.4 Å². The number of amides is 2. The van der Waals surface area contributed by atoms with Gasteiger partial charge in [0, 0.05) is 18.9 Å². The first-order valence-corrected chi connectivity index (χ1v) is 7.29. The highest BCUT2D eigenvalue weighted by atomic mass is 16.5. The molecule has 1 unspecified atom stereocenters. The first-order valence-electron chi connectivity index (χ1n) is 7.29. The van der Waals surface area contributed by atoms with Gasteiger partial charge in [-0.15, -0.1) is 0 Å². The van der Waals surface area contributed by atoms with Crippen molar-refractivity contribution in [1.29, 1.82) is 0 Å². The Balaban J connectivity index is 2.31. The highest BCUT2D eigenvalue weighted by Crippen LogP contribution is 2.45. The Morgan fingerprint density at radius 3 is 2.59 bits per heavy atom. The molecule has 22 heavy (non-hydrogen) atoms. The summed E-state index contributed by atoms with van der Waals surface area (Å²) in [5.41, 5.74) is -0.450. The molecule has 2 aliphatic rings. The Hall–Kier alpha value is -2.37. The summed E-state index contributed by atoms with van der Waals surface area (Å²) in [4.78, 5) is 40.9. The summed E-state index contributed by atoms with van der Waals surface area (Å²) in [6, 6.07) is 6.64. The number of benzene rings is 1. The average molecular weight is 302 g/mol. The molecule has 0 saturated carbocycles. The molecule has 1 aromatic rings. The third kappa shape index (κ3) is 1.63. The number of rotatable bonds is 2. The zero-order valence-corrected chi connectivity index (χ0v) is 12.8. The molecular weight excluding hydrogens is 284 g/mol. The second-order valence-corrected chi connectivity index (χ2v) is 5.82. The van der Waals surface area contributed by atoms with E-state index in [1.54, 1.807) is 24.3 Å². The largest absolute Gasteiger partial charge is 0.466 e. The minimum Gasteiger partial charge on any atom is -0.466 e. The quantitative estimate of drug-likeness (QED) is 0.777. The molecule has 0 N–H and O–H groups in total. The molecule has 0 bridgehead atoms. The zero-order valence-electron chi connectivity index (χ0n) is 12.8. The Kier molecular flexibility index (Phi) is 3.20. The molecule has 1 saturated heterocycles. The van der Waals surface area contributed by atoms with Crippen molar-refractivity contribution in [3.05, 3.63) is 29.8 Å². The minimum absolute atomic E-state index is 0.170. The van der Waals surface area contributed by atoms with E-state index in [0.717, 1.165) is 0 Å². The van der Waals surface area contributed by atoms with Gasteiger partial charge in [0.25, 0.3) is 5.91 Å². The molecule has 1 atom stereocenters. The maximum absolute atomic E-state index is 12.9. The summed E-state index contributed by atoms with van der Waals surface area (Å²) in [5, 5.41) is 0. The number of ether oxygens (including phenoxy) is 1. The number of methoxy groups -OCH3 is 1. The standard InChI is InChI=1S/C16H18N2O4/c1-10(2)17-14(20)11-6-4-5-7-12(11)18-13(19)8-9-16(17,18)15(21)22-3/h4-7,10H,8-9H2,1-3H3. The fraction of sp³-hybridized carbons (Fsp3) is 0.438. The van der Waals surface area contributed by atoms with Gasteiger partial charge in [0.1, 0.15) is 0 Å². The van der Waals surface area contributed by atoms with Crippen LogP contribution in [0.1, 0.15) is 37.0 Å². The van der Waals surface area contributed by atoms with Crippen LogP contribution in [0.5, 0.6) is 0 Å². The van der Waals surface area contributed by atoms with Crippen LogP contribution in [0.25, 0.3) is 0 Å². The van der Waals surface area contributed by atoms with E-state index in [4.69, 9.17) is 4.74 Å². The number of para-hydroxylation sites is 1. The van der Waals surface area contributed by atoms with Crippen molar-refractivity contribution in [1.82, 2.24) is 4.90 Å². The fourth-order valence-corrected chi connectivity index (χ4v) is 3.54. The molecular formula is C16H18N2O4. The summed E-state index contributed by atoms with van der Waals surface area (Å²) in [7, 11) is 1.28. The van der Waals surface area contributed by atoms with Crippen molar-refractivity contribution >= 4 is 23.5 Å². The summed E-state index contributed by atoms with van der Waals surface area (Å²) < 4.78 is 4.96. The number of fused-ring (bicyclic) bond motifs is 3. The van der Waals surface area contributed by atoms with Gasteiger partial charge >= 0.3 is 5.97 Å². The molecule has 6 heteroatoms. The number of hydrogen-bond acceptors (Lipinski definition) is 4. The number of esters is 1. The Morgan fingerprint density at radius 2 is 1.95 bits per heavy atom. The van der Waals surface area contributed by atoms with Crippen LogP contribution in [0, 0.1) is 0 Å². The normalized spacial score (nSPS) is 23.6. The first kappa shape index (κ1) is 14.6. The minimum atomic E-state index is -1.37. The predicted octanol–water partition coefficient (Wildman–Crippen LogP) is 1.55. The molecule has 1 fully saturated rings. The van der Waals surface area contributed by atoms with Crippen LogP contribution in [0.2, 0.25) is 0 Å². The monoisotopic (exact) mass is 302 g/mol. The van der Waals surface area contributed by atoms with Crippen LogP contribution in [-0.2, 0) is 14.3 Å². The number of nitrogens with zero attached hydrogens (tertiary/aromatic N) is 2. The lowest BCUT2D eigenvalue weighted by Crippen LogP contribution is -2.70. The van der Waals surface area contributed by atoms with Crippen molar-refractivity contribution < 1.29 is 19.1 Å². The average Bonchev–Trinajstić information content (AvgIpc) is 2.85. The molecule has 3 rings (SSSR count). The summed E-state index contributed by atoms with van der Waals surface area (Å²) in [6.45, 7) is 3.66. The Bertz CT molecular complexity index is 670. The smallest absolute Gasteiger partial charge is 0.353 e. The number of anilines is 1. The second kappa shape index (κ2) is 4.83. The molecule has 0 aliphatic carbocycles. The SMILES string of the molecule is COC(=O)C12CCC(=O)N1c1ccccc1C(=O)N2C(C)C. The lowest BCUT2D eigenvalue weighted by molar-refractivity contribution is -0.155. The van der Waals surface area contributed by atoms with Gasteiger partial charge < -0.3 is 9.64 Å². The van der Waals surface area contributed by atoms with Gasteiger partial charge in [-0.1, -0.05) is 12.1 Å². The summed E-state index contributed by atoms with van der Waals surface area (Å²) in [6.07, 6.45) is 0.455. The van der Waals surface area contributed by atoms with Gasteiger partial charge in [-0.25, -0.2) is 4.79 Å². The van der Waals surface area contributed by atoms with E-state index in [0.29, 0.717) is 11.3 Å². The van der Waals surface area contributed by atoms with E-state index in [1.807, 2.05) is 13.8 Å². The number of carbonyl (C=O) groups is 3. The fourth-order valence-electron chi connectivity index (χ4n) is 3.54. The molecule has 0 radical (unpaired) electrons. The first-order chi connectivity index (χ1) is 10.4. The van der Waals surface area contributed by atoms with Crippen LogP contribution >= 0.6 is 0 Å². The third-order valence-corrected chi connectivity index (χ3v) is 4.33. The summed E-state index contributed by atoms with van der Waals surface area (Å²) >= 11 is 0. The topological polar surface area (TPSA) is 66.9 Å². The van der Waals surface area contributed by atoms with Crippen molar-refractivity contribution in [3.63, 3.8) is 0 Å². The molecule has 2 aliphatic heterocycles. The van der Waals surface area contributed by atoms with E-state index in [2.05, 4.69) is 0 Å². The van der Waals surface area contributed by atoms with Crippen molar-refractivity contribution in [2.24, 2.45) is 0 Å². The van der Waals surface area contributed by atoms with Crippen LogP contribution in [0.3, 0.4) is 0 Å². The predicted molar refractivity (Wildman–Crippen MR) is 79.2 cm³/mol. The van der Waals surface area contributed by atoms with Crippen LogP contribution in [0.4, 0.5) is 5.69 Å². The van der Waals surface area contributed by atoms with E-state index in [1.165, 1.54) is 16.9 Å². The molecule has 0 aromatic heterocycles. The lowest BCUT2D eigenvalue weighted by Gasteiger charge is -2.49. The van der Waals surface area contributed by atoms with Gasteiger partial charge in [0.05, 0.1) is 18.4 Å². The van der Waals surface area contributed by atoms with Crippen molar-refractivity contribution in [2.75, 3.05) is 12.0 Å². The van der Waals surface area contributed by atoms with E-state index >= 15 is 0 Å². The second-order valence-electron chi connectivity index (χ2n) is 5.82. The van der Waals surface area contributed by atoms with Gasteiger partial charge in [0.15, 0.2) is 0 Å². The molecule has 2 amide bonds. The number of carbonyl (C=O) groups excluding carboxylic acids is 3. The summed E-state index contributed by atoms with van der Waals surface area (Å²) in [5.74, 6) is -0.993. The molecule has 6 nitrogen and oxygen atoms in total. The van der Waals surface area contributed by atoms with Crippen LogP contribution in [0.15, 0.2) is 24.3 Å².